The predicted octanol–water partition coefficient (Wildman–Crippen LogP) is 1.35. The van der Waals surface area contributed by atoms with Crippen molar-refractivity contribution in [2.45, 2.75) is 32.2 Å². The molecule has 0 spiro atoms. The lowest BCUT2D eigenvalue weighted by Crippen LogP contribution is -2.47. The number of urea groups is 1. The molecule has 0 heterocycles. The number of aryl methyl sites for hydroxylation is 1. The fraction of sp³-hybridized carbons (Fsp3) is 0.400. The van der Waals surface area contributed by atoms with Crippen LogP contribution in [-0.2, 0) is 16.0 Å². The van der Waals surface area contributed by atoms with E-state index in [-0.39, 0.29) is 12.2 Å². The summed E-state index contributed by atoms with van der Waals surface area (Å²) in [4.78, 5) is 33.4. The fourth-order valence-corrected chi connectivity index (χ4v) is 1.84. The van der Waals surface area contributed by atoms with Crippen LogP contribution in [0.2, 0.25) is 0 Å². The quantitative estimate of drug-likeness (QED) is 0.630. The van der Waals surface area contributed by atoms with Crippen molar-refractivity contribution in [3.8, 4) is 0 Å². The van der Waals surface area contributed by atoms with Crippen LogP contribution in [0.3, 0.4) is 0 Å². The van der Waals surface area contributed by atoms with Crippen LogP contribution in [0.15, 0.2) is 30.3 Å². The molecule has 6 nitrogen and oxygen atoms in total. The van der Waals surface area contributed by atoms with Gasteiger partial charge < -0.3 is 15.7 Å². The summed E-state index contributed by atoms with van der Waals surface area (Å²) in [5, 5.41) is 13.8. The van der Waals surface area contributed by atoms with E-state index in [1.165, 1.54) is 12.5 Å². The second-order valence-electron chi connectivity index (χ2n) is 4.79. The molecule has 6 heteroatoms. The number of benzene rings is 1. The van der Waals surface area contributed by atoms with Crippen LogP contribution in [0.5, 0.6) is 0 Å². The minimum Gasteiger partial charge on any atom is -0.480 e. The van der Waals surface area contributed by atoms with Gasteiger partial charge in [-0.3, -0.25) is 4.79 Å². The van der Waals surface area contributed by atoms with Gasteiger partial charge in [0, 0.05) is 13.0 Å². The molecule has 1 aromatic rings. The number of hydrogen-bond acceptors (Lipinski definition) is 3. The Morgan fingerprint density at radius 1 is 1.19 bits per heavy atom. The number of carbonyl (C=O) groups excluding carboxylic acids is 2. The molecule has 0 bridgehead atoms. The number of rotatable bonds is 8. The number of amides is 2. The minimum atomic E-state index is -1.22. The SMILES string of the molecule is CC(=O)CC(NC(=O)NCCCc1ccccc1)C(=O)O. The Bertz CT molecular complexity index is 488. The Labute approximate surface area is 123 Å². The standard InChI is InChI=1S/C15H20N2O4/c1-11(18)10-13(14(19)20)17-15(21)16-9-5-8-12-6-3-2-4-7-12/h2-4,6-7,13H,5,8-10H2,1H3,(H,19,20)(H2,16,17,21). The lowest BCUT2D eigenvalue weighted by Gasteiger charge is -2.13. The second kappa shape index (κ2) is 8.73. The third-order valence-electron chi connectivity index (χ3n) is 2.87. The van der Waals surface area contributed by atoms with Crippen molar-refractivity contribution in [1.29, 1.82) is 0 Å². The summed E-state index contributed by atoms with van der Waals surface area (Å²) in [6, 6.07) is 8.11. The first kappa shape index (κ1) is 16.7. The first-order valence-electron chi connectivity index (χ1n) is 6.79. The lowest BCUT2D eigenvalue weighted by molar-refractivity contribution is -0.140. The van der Waals surface area contributed by atoms with Gasteiger partial charge >= 0.3 is 12.0 Å². The van der Waals surface area contributed by atoms with Gasteiger partial charge in [-0.1, -0.05) is 30.3 Å². The number of Topliss-reactive ketones (excluding diaryl/α,β-unsaturated/α-hetero) is 1. The summed E-state index contributed by atoms with van der Waals surface area (Å²) >= 11 is 0. The van der Waals surface area contributed by atoms with E-state index in [1.807, 2.05) is 30.3 Å². The molecular formula is C15H20N2O4. The third kappa shape index (κ3) is 7.10. The largest absolute Gasteiger partial charge is 0.480 e. The summed E-state index contributed by atoms with van der Waals surface area (Å²) < 4.78 is 0. The van der Waals surface area contributed by atoms with E-state index >= 15 is 0 Å². The van der Waals surface area contributed by atoms with Gasteiger partial charge in [0.1, 0.15) is 11.8 Å². The van der Waals surface area contributed by atoms with E-state index in [2.05, 4.69) is 10.6 Å². The van der Waals surface area contributed by atoms with E-state index in [0.29, 0.717) is 6.54 Å². The molecule has 1 atom stereocenters. The van der Waals surface area contributed by atoms with Crippen LogP contribution in [-0.4, -0.2) is 35.5 Å². The lowest BCUT2D eigenvalue weighted by atomic mass is 10.1. The zero-order valence-electron chi connectivity index (χ0n) is 12.0. The zero-order valence-corrected chi connectivity index (χ0v) is 12.0. The number of carboxylic acids is 1. The van der Waals surface area contributed by atoms with Crippen molar-refractivity contribution in [2.75, 3.05) is 6.54 Å². The van der Waals surface area contributed by atoms with Crippen LogP contribution in [0.1, 0.15) is 25.3 Å². The van der Waals surface area contributed by atoms with Crippen LogP contribution < -0.4 is 10.6 Å². The van der Waals surface area contributed by atoms with Crippen molar-refractivity contribution in [3.63, 3.8) is 0 Å². The molecule has 3 N–H and O–H groups in total. The second-order valence-corrected chi connectivity index (χ2v) is 4.79. The Morgan fingerprint density at radius 2 is 1.86 bits per heavy atom. The van der Waals surface area contributed by atoms with Crippen molar-refractivity contribution in [1.82, 2.24) is 10.6 Å². The molecule has 0 saturated carbocycles. The maximum Gasteiger partial charge on any atom is 0.326 e. The third-order valence-corrected chi connectivity index (χ3v) is 2.87. The Kier molecular flexibility index (Phi) is 6.94. The van der Waals surface area contributed by atoms with Crippen LogP contribution >= 0.6 is 0 Å². The van der Waals surface area contributed by atoms with E-state index in [4.69, 9.17) is 5.11 Å². The van der Waals surface area contributed by atoms with Gasteiger partial charge in [-0.15, -0.1) is 0 Å². The molecule has 1 unspecified atom stereocenters. The van der Waals surface area contributed by atoms with Gasteiger partial charge in [-0.25, -0.2) is 9.59 Å². The number of nitrogens with one attached hydrogen (secondary N) is 2. The summed E-state index contributed by atoms with van der Waals surface area (Å²) in [6.45, 7) is 1.72. The summed E-state index contributed by atoms with van der Waals surface area (Å²) in [5.74, 6) is -1.50. The zero-order chi connectivity index (χ0) is 15.7. The summed E-state index contributed by atoms with van der Waals surface area (Å²) in [6.07, 6.45) is 1.37. The highest BCUT2D eigenvalue weighted by atomic mass is 16.4. The Hall–Kier alpha value is -2.37. The highest BCUT2D eigenvalue weighted by Gasteiger charge is 2.21. The molecule has 1 aromatic carbocycles. The van der Waals surface area contributed by atoms with Gasteiger partial charge in [0.05, 0.1) is 0 Å². The highest BCUT2D eigenvalue weighted by Crippen LogP contribution is 2.01. The topological polar surface area (TPSA) is 95.5 Å². The molecule has 2 amide bonds. The molecule has 0 aliphatic rings. The van der Waals surface area contributed by atoms with Gasteiger partial charge in [-0.2, -0.15) is 0 Å². The normalized spacial score (nSPS) is 11.5. The monoisotopic (exact) mass is 292 g/mol. The fourth-order valence-electron chi connectivity index (χ4n) is 1.84. The Balaban J connectivity index is 2.26. The molecule has 0 aliphatic carbocycles. The van der Waals surface area contributed by atoms with Gasteiger partial charge in [0.25, 0.3) is 0 Å². The summed E-state index contributed by atoms with van der Waals surface area (Å²) in [5.41, 5.74) is 1.18. The van der Waals surface area contributed by atoms with Gasteiger partial charge in [0.15, 0.2) is 0 Å². The molecule has 1 rings (SSSR count). The number of hydrogen-bond donors (Lipinski definition) is 3. The maximum atomic E-state index is 11.6. The van der Waals surface area contributed by atoms with Gasteiger partial charge in [0.2, 0.25) is 0 Å². The Morgan fingerprint density at radius 3 is 2.43 bits per heavy atom. The van der Waals surface area contributed by atoms with Crippen molar-refractivity contribution < 1.29 is 19.5 Å². The molecule has 0 saturated heterocycles. The maximum absolute atomic E-state index is 11.6. The van der Waals surface area contributed by atoms with Crippen LogP contribution in [0, 0.1) is 0 Å². The summed E-state index contributed by atoms with van der Waals surface area (Å²) in [7, 11) is 0. The first-order chi connectivity index (χ1) is 9.99. The number of aliphatic carboxylic acids is 1. The average Bonchev–Trinajstić information content (AvgIpc) is 2.43. The van der Waals surface area contributed by atoms with E-state index in [0.717, 1.165) is 12.8 Å². The van der Waals surface area contributed by atoms with Crippen LogP contribution in [0.25, 0.3) is 0 Å². The molecule has 0 aromatic heterocycles. The minimum absolute atomic E-state index is 0.216. The van der Waals surface area contributed by atoms with Crippen molar-refractivity contribution >= 4 is 17.8 Å². The van der Waals surface area contributed by atoms with Crippen molar-refractivity contribution in [2.24, 2.45) is 0 Å². The molecule has 21 heavy (non-hydrogen) atoms. The first-order valence-corrected chi connectivity index (χ1v) is 6.79. The predicted molar refractivity (Wildman–Crippen MR) is 78.0 cm³/mol. The molecule has 0 radical (unpaired) electrons. The molecule has 114 valence electrons. The molecule has 0 aliphatic heterocycles. The van der Waals surface area contributed by atoms with Crippen molar-refractivity contribution in [3.05, 3.63) is 35.9 Å². The number of carboxylic acid groups (broad SMARTS) is 1. The average molecular weight is 292 g/mol. The van der Waals surface area contributed by atoms with E-state index in [9.17, 15) is 14.4 Å². The molecule has 0 fully saturated rings. The van der Waals surface area contributed by atoms with Crippen LogP contribution in [0.4, 0.5) is 4.79 Å². The van der Waals surface area contributed by atoms with E-state index in [1.54, 1.807) is 0 Å². The number of ketones is 1. The van der Waals surface area contributed by atoms with Gasteiger partial charge in [-0.05, 0) is 25.3 Å². The highest BCUT2D eigenvalue weighted by molar-refractivity contribution is 5.88. The van der Waals surface area contributed by atoms with E-state index < -0.39 is 18.0 Å². The molecular weight excluding hydrogens is 272 g/mol. The smallest absolute Gasteiger partial charge is 0.326 e. The number of carbonyl (C=O) groups is 3.